The molecule has 0 spiro atoms. The van der Waals surface area contributed by atoms with E-state index in [1.165, 1.54) is 11.8 Å². The van der Waals surface area contributed by atoms with E-state index >= 15 is 0 Å². The number of amides is 1. The van der Waals surface area contributed by atoms with Gasteiger partial charge in [-0.25, -0.2) is 4.98 Å². The molecule has 0 fully saturated rings. The molecule has 3 aromatic rings. The van der Waals surface area contributed by atoms with Crippen LogP contribution in [0.4, 0.5) is 0 Å². The number of rotatable bonds is 8. The van der Waals surface area contributed by atoms with Gasteiger partial charge in [0.1, 0.15) is 5.52 Å². The smallest absolute Gasteiger partial charge is 0.230 e. The molecule has 25 heavy (non-hydrogen) atoms. The summed E-state index contributed by atoms with van der Waals surface area (Å²) in [5.74, 6) is 0.221. The van der Waals surface area contributed by atoms with Crippen molar-refractivity contribution in [2.24, 2.45) is 0 Å². The van der Waals surface area contributed by atoms with Crippen molar-refractivity contribution in [2.75, 3.05) is 25.5 Å². The summed E-state index contributed by atoms with van der Waals surface area (Å²) >= 11 is 1.28. The molecule has 7 nitrogen and oxygen atoms in total. The number of fused-ring (bicyclic) bond motifs is 3. The van der Waals surface area contributed by atoms with Gasteiger partial charge in [-0.2, -0.15) is 0 Å². The molecule has 0 saturated heterocycles. The van der Waals surface area contributed by atoms with Gasteiger partial charge in [-0.05, 0) is 32.4 Å². The Kier molecular flexibility index (Phi) is 5.83. The van der Waals surface area contributed by atoms with Gasteiger partial charge in [-0.15, -0.1) is 10.2 Å². The number of aromatic amines is 1. The highest BCUT2D eigenvalue weighted by atomic mass is 32.2. The van der Waals surface area contributed by atoms with Crippen molar-refractivity contribution in [1.82, 2.24) is 25.5 Å². The van der Waals surface area contributed by atoms with E-state index in [0.717, 1.165) is 28.4 Å². The highest BCUT2D eigenvalue weighted by Gasteiger charge is 2.11. The number of ether oxygens (including phenoxy) is 1. The van der Waals surface area contributed by atoms with Gasteiger partial charge >= 0.3 is 0 Å². The highest BCUT2D eigenvalue weighted by molar-refractivity contribution is 7.99. The molecule has 0 unspecified atom stereocenters. The lowest BCUT2D eigenvalue weighted by molar-refractivity contribution is -0.118. The number of aryl methyl sites for hydroxylation is 1. The second-order valence-corrected chi connectivity index (χ2v) is 6.60. The number of H-pyrrole nitrogens is 1. The minimum absolute atomic E-state index is 0.0440. The number of aromatic nitrogens is 4. The lowest BCUT2D eigenvalue weighted by Gasteiger charge is -2.04. The predicted molar refractivity (Wildman–Crippen MR) is 98.8 cm³/mol. The van der Waals surface area contributed by atoms with E-state index in [1.54, 1.807) is 0 Å². The number of hydrogen-bond donors (Lipinski definition) is 2. The summed E-state index contributed by atoms with van der Waals surface area (Å²) in [6.07, 6.45) is 0.808. The molecule has 2 aromatic heterocycles. The Hall–Kier alpha value is -2.19. The van der Waals surface area contributed by atoms with Gasteiger partial charge in [0.05, 0.1) is 5.75 Å². The van der Waals surface area contributed by atoms with Crippen LogP contribution in [0.15, 0.2) is 23.4 Å². The average Bonchev–Trinajstić information content (AvgIpc) is 2.97. The molecule has 0 radical (unpaired) electrons. The Morgan fingerprint density at radius 2 is 2.24 bits per heavy atom. The summed E-state index contributed by atoms with van der Waals surface area (Å²) in [5, 5.41) is 12.8. The van der Waals surface area contributed by atoms with E-state index < -0.39 is 0 Å². The van der Waals surface area contributed by atoms with Gasteiger partial charge < -0.3 is 15.0 Å². The molecule has 2 heterocycles. The van der Waals surface area contributed by atoms with Crippen LogP contribution in [-0.2, 0) is 9.53 Å². The molecule has 3 rings (SSSR count). The van der Waals surface area contributed by atoms with Crippen molar-refractivity contribution < 1.29 is 9.53 Å². The van der Waals surface area contributed by atoms with Crippen molar-refractivity contribution in [3.63, 3.8) is 0 Å². The van der Waals surface area contributed by atoms with Crippen LogP contribution in [0, 0.1) is 6.92 Å². The summed E-state index contributed by atoms with van der Waals surface area (Å²) in [5.41, 5.74) is 3.59. The van der Waals surface area contributed by atoms with Gasteiger partial charge in [-0.3, -0.25) is 4.79 Å². The first-order chi connectivity index (χ1) is 12.2. The lowest BCUT2D eigenvalue weighted by Crippen LogP contribution is -2.27. The fourth-order valence-electron chi connectivity index (χ4n) is 2.46. The third-order valence-electron chi connectivity index (χ3n) is 3.67. The van der Waals surface area contributed by atoms with E-state index in [0.29, 0.717) is 30.6 Å². The van der Waals surface area contributed by atoms with Crippen LogP contribution >= 0.6 is 11.8 Å². The van der Waals surface area contributed by atoms with Crippen LogP contribution in [0.2, 0.25) is 0 Å². The first-order valence-electron chi connectivity index (χ1n) is 8.27. The summed E-state index contributed by atoms with van der Waals surface area (Å²) in [7, 11) is 0. The fourth-order valence-corrected chi connectivity index (χ4v) is 3.08. The zero-order valence-electron chi connectivity index (χ0n) is 14.3. The maximum absolute atomic E-state index is 11.8. The lowest BCUT2D eigenvalue weighted by atomic mass is 10.2. The van der Waals surface area contributed by atoms with E-state index in [9.17, 15) is 4.79 Å². The van der Waals surface area contributed by atoms with Gasteiger partial charge in [-0.1, -0.05) is 23.4 Å². The molecule has 0 aliphatic rings. The summed E-state index contributed by atoms with van der Waals surface area (Å²) < 4.78 is 5.23. The first-order valence-corrected chi connectivity index (χ1v) is 9.26. The van der Waals surface area contributed by atoms with E-state index in [4.69, 9.17) is 4.74 Å². The molecule has 0 atom stereocenters. The summed E-state index contributed by atoms with van der Waals surface area (Å²) in [6.45, 7) is 5.96. The van der Waals surface area contributed by atoms with Crippen LogP contribution in [0.1, 0.15) is 18.9 Å². The second-order valence-electron chi connectivity index (χ2n) is 5.65. The van der Waals surface area contributed by atoms with E-state index in [-0.39, 0.29) is 11.7 Å². The van der Waals surface area contributed by atoms with Gasteiger partial charge in [0.15, 0.2) is 5.65 Å². The van der Waals surface area contributed by atoms with Crippen molar-refractivity contribution in [3.8, 4) is 0 Å². The predicted octanol–water partition coefficient (Wildman–Crippen LogP) is 2.45. The Labute approximate surface area is 149 Å². The van der Waals surface area contributed by atoms with E-state index in [2.05, 4.69) is 31.5 Å². The Morgan fingerprint density at radius 3 is 3.08 bits per heavy atom. The average molecular weight is 359 g/mol. The number of hydrogen-bond acceptors (Lipinski definition) is 6. The number of carbonyl (C=O) groups is 1. The molecule has 2 N–H and O–H groups in total. The summed E-state index contributed by atoms with van der Waals surface area (Å²) in [4.78, 5) is 19.5. The molecular weight excluding hydrogens is 338 g/mol. The molecule has 8 heteroatoms. The number of thioether (sulfide) groups is 1. The summed E-state index contributed by atoms with van der Waals surface area (Å²) in [6, 6.07) is 6.11. The van der Waals surface area contributed by atoms with Crippen molar-refractivity contribution >= 4 is 39.7 Å². The third-order valence-corrected chi connectivity index (χ3v) is 4.51. The monoisotopic (exact) mass is 359 g/mol. The van der Waals surface area contributed by atoms with Crippen LogP contribution in [0.5, 0.6) is 0 Å². The quantitative estimate of drug-likeness (QED) is 0.474. The zero-order valence-corrected chi connectivity index (χ0v) is 15.2. The van der Waals surface area contributed by atoms with Crippen LogP contribution in [0.3, 0.4) is 0 Å². The maximum Gasteiger partial charge on any atom is 0.230 e. The minimum Gasteiger partial charge on any atom is -0.382 e. The normalized spacial score (nSPS) is 11.3. The Bertz CT molecular complexity index is 880. The van der Waals surface area contributed by atoms with Crippen LogP contribution in [0.25, 0.3) is 22.1 Å². The first kappa shape index (κ1) is 17.6. The number of nitrogens with zero attached hydrogens (tertiary/aromatic N) is 3. The van der Waals surface area contributed by atoms with Crippen LogP contribution in [-0.4, -0.2) is 51.6 Å². The van der Waals surface area contributed by atoms with Crippen LogP contribution < -0.4 is 5.32 Å². The van der Waals surface area contributed by atoms with Gasteiger partial charge in [0.25, 0.3) is 0 Å². The van der Waals surface area contributed by atoms with E-state index in [1.807, 2.05) is 26.0 Å². The Balaban J connectivity index is 1.59. The Morgan fingerprint density at radius 1 is 1.36 bits per heavy atom. The molecule has 0 aliphatic carbocycles. The van der Waals surface area contributed by atoms with Crippen molar-refractivity contribution in [1.29, 1.82) is 0 Å². The van der Waals surface area contributed by atoms with Gasteiger partial charge in [0, 0.05) is 30.7 Å². The third kappa shape index (κ3) is 4.46. The molecule has 1 amide bonds. The number of nitrogens with one attached hydrogen (secondary N) is 2. The molecule has 132 valence electrons. The molecule has 0 aliphatic heterocycles. The number of benzene rings is 1. The molecule has 0 bridgehead atoms. The topological polar surface area (TPSA) is 92.8 Å². The molecule has 0 saturated carbocycles. The minimum atomic E-state index is -0.0440. The second kappa shape index (κ2) is 8.26. The van der Waals surface area contributed by atoms with Crippen molar-refractivity contribution in [2.45, 2.75) is 25.4 Å². The largest absolute Gasteiger partial charge is 0.382 e. The standard InChI is InChI=1S/C17H21N5O2S/c1-3-24-8-4-7-18-14(23)10-25-17-20-16-15(21-22-17)12-9-11(2)5-6-13(12)19-16/h5-6,9H,3-4,7-8,10H2,1-2H3,(H,18,23)(H,19,20,22). The SMILES string of the molecule is CCOCCCNC(=O)CSc1nnc2c(n1)[nH]c1ccc(C)cc12. The number of carbonyl (C=O) groups excluding carboxylic acids is 1. The molecular formula is C17H21N5O2S. The fraction of sp³-hybridized carbons (Fsp3) is 0.412. The maximum atomic E-state index is 11.8. The molecule has 1 aromatic carbocycles. The highest BCUT2D eigenvalue weighted by Crippen LogP contribution is 2.24. The van der Waals surface area contributed by atoms with Gasteiger partial charge in [0.2, 0.25) is 11.1 Å². The van der Waals surface area contributed by atoms with Crippen molar-refractivity contribution in [3.05, 3.63) is 23.8 Å². The zero-order chi connectivity index (χ0) is 17.6.